The van der Waals surface area contributed by atoms with Crippen molar-refractivity contribution in [2.24, 2.45) is 0 Å². The highest BCUT2D eigenvalue weighted by molar-refractivity contribution is 6.32. The lowest BCUT2D eigenvalue weighted by Gasteiger charge is -2.20. The van der Waals surface area contributed by atoms with Gasteiger partial charge in [0.25, 0.3) is 0 Å². The van der Waals surface area contributed by atoms with E-state index in [2.05, 4.69) is 10.3 Å². The Kier molecular flexibility index (Phi) is 6.77. The maximum atomic E-state index is 12.1. The molecule has 0 aliphatic rings. The van der Waals surface area contributed by atoms with Crippen LogP contribution in [-0.4, -0.2) is 35.4 Å². The van der Waals surface area contributed by atoms with E-state index in [4.69, 9.17) is 16.3 Å². The summed E-state index contributed by atoms with van der Waals surface area (Å²) in [5, 5.41) is 3.18. The number of ether oxygens (including phenoxy) is 1. The van der Waals surface area contributed by atoms with E-state index in [0.29, 0.717) is 29.5 Å². The molecular weight excluding hydrogens is 342 g/mol. The molecule has 1 aromatic heterocycles. The van der Waals surface area contributed by atoms with E-state index >= 15 is 0 Å². The predicted molar refractivity (Wildman–Crippen MR) is 96.6 cm³/mol. The topological polar surface area (TPSA) is 71.5 Å². The molecule has 0 radical (unpaired) electrons. The third-order valence-corrected chi connectivity index (χ3v) is 3.88. The third kappa shape index (κ3) is 5.76. The van der Waals surface area contributed by atoms with Gasteiger partial charge in [0.05, 0.1) is 12.1 Å². The Hall–Kier alpha value is -2.60. The highest BCUT2D eigenvalue weighted by Gasteiger charge is 2.12. The number of nitrogens with zero attached hydrogens (tertiary/aromatic N) is 2. The zero-order valence-corrected chi connectivity index (χ0v) is 14.9. The number of hydrogen-bond acceptors (Lipinski definition) is 4. The molecule has 6 nitrogen and oxygen atoms in total. The standard InChI is InChI=1S/C18H20ClN3O3/c1-13(23)22(12-14-4-3-8-20-11-14)9-7-18(24)21-15-5-6-17(25-2)16(19)10-15/h3-6,8,10-11H,7,9,12H2,1-2H3,(H,21,24). The van der Waals surface area contributed by atoms with Crippen molar-refractivity contribution in [3.63, 3.8) is 0 Å². The molecule has 0 bridgehead atoms. The smallest absolute Gasteiger partial charge is 0.226 e. The van der Waals surface area contributed by atoms with Crippen LogP contribution in [0.25, 0.3) is 0 Å². The minimum absolute atomic E-state index is 0.0934. The van der Waals surface area contributed by atoms with Crippen molar-refractivity contribution in [2.75, 3.05) is 19.0 Å². The summed E-state index contributed by atoms with van der Waals surface area (Å²) in [5.41, 5.74) is 1.50. The fourth-order valence-corrected chi connectivity index (χ4v) is 2.52. The predicted octanol–water partition coefficient (Wildman–Crippen LogP) is 3.12. The Morgan fingerprint density at radius 2 is 2.12 bits per heavy atom. The molecule has 1 heterocycles. The number of amides is 2. The SMILES string of the molecule is COc1ccc(NC(=O)CCN(Cc2cccnc2)C(C)=O)cc1Cl. The second-order valence-corrected chi connectivity index (χ2v) is 5.86. The summed E-state index contributed by atoms with van der Waals surface area (Å²) in [5.74, 6) is 0.252. The number of nitrogens with one attached hydrogen (secondary N) is 1. The number of hydrogen-bond donors (Lipinski definition) is 1. The average molecular weight is 362 g/mol. The number of aromatic nitrogens is 1. The summed E-state index contributed by atoms with van der Waals surface area (Å²) in [7, 11) is 1.53. The van der Waals surface area contributed by atoms with E-state index < -0.39 is 0 Å². The summed E-state index contributed by atoms with van der Waals surface area (Å²) in [6.07, 6.45) is 3.56. The number of carbonyl (C=O) groups is 2. The molecule has 0 aliphatic heterocycles. The van der Waals surface area contributed by atoms with Gasteiger partial charge in [0.1, 0.15) is 5.75 Å². The number of halogens is 1. The maximum absolute atomic E-state index is 12.1. The minimum atomic E-state index is -0.196. The Balaban J connectivity index is 1.90. The molecule has 2 aromatic rings. The second kappa shape index (κ2) is 9.03. The van der Waals surface area contributed by atoms with Crippen LogP contribution in [0.15, 0.2) is 42.7 Å². The molecule has 2 amide bonds. The van der Waals surface area contributed by atoms with Gasteiger partial charge in [-0.25, -0.2) is 0 Å². The molecule has 0 spiro atoms. The first kappa shape index (κ1) is 18.7. The van der Waals surface area contributed by atoms with E-state index in [9.17, 15) is 9.59 Å². The lowest BCUT2D eigenvalue weighted by Crippen LogP contribution is -2.31. The van der Waals surface area contributed by atoms with Crippen LogP contribution >= 0.6 is 11.6 Å². The number of anilines is 1. The molecule has 0 unspecified atom stereocenters. The summed E-state index contributed by atoms with van der Waals surface area (Å²) in [6.45, 7) is 2.22. The zero-order chi connectivity index (χ0) is 18.2. The molecule has 0 saturated heterocycles. The van der Waals surface area contributed by atoms with E-state index in [-0.39, 0.29) is 18.2 Å². The molecule has 1 aromatic carbocycles. The van der Waals surface area contributed by atoms with Crippen molar-refractivity contribution >= 4 is 29.1 Å². The largest absolute Gasteiger partial charge is 0.495 e. The molecule has 25 heavy (non-hydrogen) atoms. The molecule has 2 rings (SSSR count). The van der Waals surface area contributed by atoms with Gasteiger partial charge >= 0.3 is 0 Å². The zero-order valence-electron chi connectivity index (χ0n) is 14.2. The van der Waals surface area contributed by atoms with Crippen LogP contribution in [0.3, 0.4) is 0 Å². The van der Waals surface area contributed by atoms with Crippen LogP contribution < -0.4 is 10.1 Å². The molecule has 0 fully saturated rings. The highest BCUT2D eigenvalue weighted by atomic mass is 35.5. The third-order valence-electron chi connectivity index (χ3n) is 3.59. The number of methoxy groups -OCH3 is 1. The molecule has 0 saturated carbocycles. The lowest BCUT2D eigenvalue weighted by atomic mass is 10.2. The van der Waals surface area contributed by atoms with Gasteiger partial charge in [0.2, 0.25) is 11.8 Å². The van der Waals surface area contributed by atoms with Crippen molar-refractivity contribution < 1.29 is 14.3 Å². The van der Waals surface area contributed by atoms with Crippen molar-refractivity contribution in [3.8, 4) is 5.75 Å². The maximum Gasteiger partial charge on any atom is 0.226 e. The fraction of sp³-hybridized carbons (Fsp3) is 0.278. The van der Waals surface area contributed by atoms with E-state index in [1.165, 1.54) is 14.0 Å². The monoisotopic (exact) mass is 361 g/mol. The fourth-order valence-electron chi connectivity index (χ4n) is 2.26. The van der Waals surface area contributed by atoms with Crippen LogP contribution in [0.4, 0.5) is 5.69 Å². The summed E-state index contributed by atoms with van der Waals surface area (Å²) >= 11 is 6.04. The first-order chi connectivity index (χ1) is 12.0. The normalized spacial score (nSPS) is 10.2. The van der Waals surface area contributed by atoms with Gasteiger partial charge in [-0.05, 0) is 29.8 Å². The van der Waals surface area contributed by atoms with Gasteiger partial charge in [0.15, 0.2) is 0 Å². The highest BCUT2D eigenvalue weighted by Crippen LogP contribution is 2.27. The van der Waals surface area contributed by atoms with Crippen LogP contribution in [0, 0.1) is 0 Å². The van der Waals surface area contributed by atoms with Gasteiger partial charge in [-0.2, -0.15) is 0 Å². The van der Waals surface area contributed by atoms with Crippen molar-refractivity contribution in [1.29, 1.82) is 0 Å². The Morgan fingerprint density at radius 3 is 2.72 bits per heavy atom. The minimum Gasteiger partial charge on any atom is -0.495 e. The summed E-state index contributed by atoms with van der Waals surface area (Å²) in [6, 6.07) is 8.72. The van der Waals surface area contributed by atoms with Crippen LogP contribution in [0.2, 0.25) is 5.02 Å². The Labute approximate surface area is 151 Å². The number of rotatable bonds is 7. The van der Waals surface area contributed by atoms with Gasteiger partial charge in [0, 0.05) is 44.5 Å². The first-order valence-electron chi connectivity index (χ1n) is 7.77. The average Bonchev–Trinajstić information content (AvgIpc) is 2.59. The van der Waals surface area contributed by atoms with Crippen molar-refractivity contribution in [1.82, 2.24) is 9.88 Å². The first-order valence-corrected chi connectivity index (χ1v) is 8.15. The van der Waals surface area contributed by atoms with E-state index in [1.54, 1.807) is 35.5 Å². The van der Waals surface area contributed by atoms with Crippen LogP contribution in [0.1, 0.15) is 18.9 Å². The molecular formula is C18H20ClN3O3. The van der Waals surface area contributed by atoms with Gasteiger partial charge in [-0.1, -0.05) is 17.7 Å². The van der Waals surface area contributed by atoms with Crippen molar-refractivity contribution in [2.45, 2.75) is 19.9 Å². The molecule has 132 valence electrons. The summed E-state index contributed by atoms with van der Waals surface area (Å²) < 4.78 is 5.07. The lowest BCUT2D eigenvalue weighted by molar-refractivity contribution is -0.129. The van der Waals surface area contributed by atoms with Gasteiger partial charge < -0.3 is 15.0 Å². The van der Waals surface area contributed by atoms with Crippen LogP contribution in [-0.2, 0) is 16.1 Å². The van der Waals surface area contributed by atoms with Crippen LogP contribution in [0.5, 0.6) is 5.75 Å². The number of pyridine rings is 1. The molecule has 1 N–H and O–H groups in total. The van der Waals surface area contributed by atoms with E-state index in [0.717, 1.165) is 5.56 Å². The van der Waals surface area contributed by atoms with Gasteiger partial charge in [-0.3, -0.25) is 14.6 Å². The second-order valence-electron chi connectivity index (χ2n) is 5.45. The Morgan fingerprint density at radius 1 is 1.32 bits per heavy atom. The number of benzene rings is 1. The summed E-state index contributed by atoms with van der Waals surface area (Å²) in [4.78, 5) is 29.5. The number of carbonyl (C=O) groups excluding carboxylic acids is 2. The van der Waals surface area contributed by atoms with E-state index in [1.807, 2.05) is 12.1 Å². The molecule has 7 heteroatoms. The van der Waals surface area contributed by atoms with Crippen molar-refractivity contribution in [3.05, 3.63) is 53.3 Å². The van der Waals surface area contributed by atoms with Gasteiger partial charge in [-0.15, -0.1) is 0 Å². The molecule has 0 aliphatic carbocycles. The quantitative estimate of drug-likeness (QED) is 0.822. The molecule has 0 atom stereocenters. The Bertz CT molecular complexity index is 738.